The highest BCUT2D eigenvalue weighted by Crippen LogP contribution is 2.47. The molecule has 0 N–H and O–H groups in total. The zero-order chi connectivity index (χ0) is 21.2. The van der Waals surface area contributed by atoms with Crippen LogP contribution in [0.4, 0.5) is 0 Å². The van der Waals surface area contributed by atoms with Crippen molar-refractivity contribution in [3.05, 3.63) is 82.0 Å². The zero-order valence-electron chi connectivity index (χ0n) is 15.9. The van der Waals surface area contributed by atoms with Crippen molar-refractivity contribution in [3.8, 4) is 11.5 Å². The Morgan fingerprint density at radius 2 is 1.97 bits per heavy atom. The number of methoxy groups -OCH3 is 1. The molecule has 0 saturated carbocycles. The SMILES string of the molecule is C=C([C@H](c1ccccc1)[C@@]1(C(=O)OCC)Oc2cc(OC)ccc2C1=O)[N+](=O)[O-]. The number of nitro groups is 1. The van der Waals surface area contributed by atoms with Crippen molar-refractivity contribution < 1.29 is 28.7 Å². The van der Waals surface area contributed by atoms with Crippen molar-refractivity contribution in [3.63, 3.8) is 0 Å². The summed E-state index contributed by atoms with van der Waals surface area (Å²) in [6.45, 7) is 5.06. The van der Waals surface area contributed by atoms with Crippen LogP contribution in [0.15, 0.2) is 60.8 Å². The van der Waals surface area contributed by atoms with Gasteiger partial charge >= 0.3 is 5.97 Å². The van der Waals surface area contributed by atoms with E-state index in [1.807, 2.05) is 0 Å². The molecule has 2 atom stereocenters. The lowest BCUT2D eigenvalue weighted by Crippen LogP contribution is -2.55. The summed E-state index contributed by atoms with van der Waals surface area (Å²) >= 11 is 0. The standard InChI is InChI=1S/C21H19NO7/c1-4-28-20(24)21(18(13(2)22(25)26)14-8-6-5-7-9-14)19(23)16-11-10-15(27-3)12-17(16)29-21/h5-12,18H,2,4H2,1,3H3/t18-,21-/m1/s1. The van der Waals surface area contributed by atoms with E-state index in [9.17, 15) is 19.7 Å². The Bertz CT molecular complexity index is 986. The van der Waals surface area contributed by atoms with Crippen LogP contribution in [0.1, 0.15) is 28.8 Å². The van der Waals surface area contributed by atoms with Crippen LogP contribution < -0.4 is 9.47 Å². The Balaban J connectivity index is 2.26. The van der Waals surface area contributed by atoms with E-state index < -0.39 is 33.9 Å². The molecular formula is C21H19NO7. The first kappa shape index (κ1) is 20.1. The van der Waals surface area contributed by atoms with E-state index in [1.54, 1.807) is 43.3 Å². The summed E-state index contributed by atoms with van der Waals surface area (Å²) < 4.78 is 16.2. The Morgan fingerprint density at radius 1 is 1.28 bits per heavy atom. The van der Waals surface area contributed by atoms with Crippen LogP contribution in [-0.2, 0) is 9.53 Å². The minimum absolute atomic E-state index is 0.0384. The second kappa shape index (κ2) is 7.75. The average molecular weight is 397 g/mol. The van der Waals surface area contributed by atoms with E-state index in [1.165, 1.54) is 19.2 Å². The molecule has 0 fully saturated rings. The van der Waals surface area contributed by atoms with Gasteiger partial charge in [-0.05, 0) is 31.2 Å². The predicted molar refractivity (Wildman–Crippen MR) is 103 cm³/mol. The first-order valence-electron chi connectivity index (χ1n) is 8.84. The normalized spacial score (nSPS) is 18.3. The summed E-state index contributed by atoms with van der Waals surface area (Å²) in [5.74, 6) is -2.66. The summed E-state index contributed by atoms with van der Waals surface area (Å²) in [5.41, 5.74) is -2.43. The lowest BCUT2D eigenvalue weighted by Gasteiger charge is -2.31. The number of esters is 1. The van der Waals surface area contributed by atoms with Crippen molar-refractivity contribution in [2.45, 2.75) is 18.4 Å². The number of nitrogens with zero attached hydrogens (tertiary/aromatic N) is 1. The second-order valence-electron chi connectivity index (χ2n) is 6.34. The number of fused-ring (bicyclic) bond motifs is 1. The van der Waals surface area contributed by atoms with E-state index >= 15 is 0 Å². The molecule has 0 radical (unpaired) electrons. The highest BCUT2D eigenvalue weighted by atomic mass is 16.6. The monoisotopic (exact) mass is 397 g/mol. The van der Waals surface area contributed by atoms with Gasteiger partial charge in [0.1, 0.15) is 17.4 Å². The predicted octanol–water partition coefficient (Wildman–Crippen LogP) is 3.15. The molecule has 3 rings (SSSR count). The topological polar surface area (TPSA) is 105 Å². The number of ketones is 1. The van der Waals surface area contributed by atoms with Gasteiger partial charge in [0.2, 0.25) is 5.78 Å². The Kier molecular flexibility index (Phi) is 5.36. The van der Waals surface area contributed by atoms with Crippen molar-refractivity contribution in [2.24, 2.45) is 0 Å². The molecule has 1 aliphatic rings. The molecule has 0 aromatic heterocycles. The summed E-state index contributed by atoms with van der Waals surface area (Å²) in [6.07, 6.45) is 0. The molecule has 150 valence electrons. The number of carbonyl (C=O) groups excluding carboxylic acids is 2. The summed E-state index contributed by atoms with van der Waals surface area (Å²) in [6, 6.07) is 12.6. The minimum Gasteiger partial charge on any atom is -0.497 e. The number of carbonyl (C=O) groups is 2. The van der Waals surface area contributed by atoms with Gasteiger partial charge in [-0.25, -0.2) is 4.79 Å². The molecule has 8 nitrogen and oxygen atoms in total. The third-order valence-corrected chi connectivity index (χ3v) is 4.73. The molecule has 0 unspecified atom stereocenters. The van der Waals surface area contributed by atoms with Crippen LogP contribution in [0, 0.1) is 10.1 Å². The van der Waals surface area contributed by atoms with Crippen molar-refractivity contribution >= 4 is 11.8 Å². The molecule has 0 bridgehead atoms. The van der Waals surface area contributed by atoms with E-state index in [0.29, 0.717) is 11.3 Å². The molecule has 0 amide bonds. The fourth-order valence-electron chi connectivity index (χ4n) is 3.41. The molecular weight excluding hydrogens is 378 g/mol. The molecule has 1 aliphatic heterocycles. The van der Waals surface area contributed by atoms with E-state index in [4.69, 9.17) is 14.2 Å². The summed E-state index contributed by atoms with van der Waals surface area (Å²) in [7, 11) is 1.44. The maximum atomic E-state index is 13.4. The minimum atomic E-state index is -2.31. The Hall–Kier alpha value is -3.68. The largest absolute Gasteiger partial charge is 0.497 e. The molecule has 29 heavy (non-hydrogen) atoms. The van der Waals surface area contributed by atoms with Gasteiger partial charge in [0.05, 0.1) is 24.2 Å². The number of Topliss-reactive ketones (excluding diaryl/α,β-unsaturated/α-hetero) is 1. The number of rotatable bonds is 7. The van der Waals surface area contributed by atoms with Crippen LogP contribution in [-0.4, -0.2) is 36.0 Å². The molecule has 0 spiro atoms. The first-order valence-corrected chi connectivity index (χ1v) is 8.84. The second-order valence-corrected chi connectivity index (χ2v) is 6.34. The van der Waals surface area contributed by atoms with Crippen molar-refractivity contribution in [1.29, 1.82) is 0 Å². The summed E-state index contributed by atoms with van der Waals surface area (Å²) in [5, 5.41) is 11.6. The van der Waals surface area contributed by atoms with Gasteiger partial charge in [-0.15, -0.1) is 0 Å². The molecule has 0 saturated heterocycles. The van der Waals surface area contributed by atoms with E-state index in [0.717, 1.165) is 0 Å². The maximum absolute atomic E-state index is 13.4. The van der Waals surface area contributed by atoms with Crippen LogP contribution in [0.2, 0.25) is 0 Å². The Labute approximate surface area is 166 Å². The fourth-order valence-corrected chi connectivity index (χ4v) is 3.41. The first-order chi connectivity index (χ1) is 13.9. The third-order valence-electron chi connectivity index (χ3n) is 4.73. The zero-order valence-corrected chi connectivity index (χ0v) is 15.9. The molecule has 0 aliphatic carbocycles. The lowest BCUT2D eigenvalue weighted by molar-refractivity contribution is -0.431. The highest BCUT2D eigenvalue weighted by molar-refractivity contribution is 6.20. The molecule has 2 aromatic rings. The van der Waals surface area contributed by atoms with Crippen molar-refractivity contribution in [2.75, 3.05) is 13.7 Å². The van der Waals surface area contributed by atoms with Crippen LogP contribution in [0.3, 0.4) is 0 Å². The van der Waals surface area contributed by atoms with Crippen LogP contribution >= 0.6 is 0 Å². The molecule has 2 aromatic carbocycles. The van der Waals surface area contributed by atoms with Gasteiger partial charge in [0, 0.05) is 6.07 Å². The maximum Gasteiger partial charge on any atom is 0.360 e. The Morgan fingerprint density at radius 3 is 2.55 bits per heavy atom. The number of hydrogen-bond acceptors (Lipinski definition) is 7. The third kappa shape index (κ3) is 3.22. The quantitative estimate of drug-likeness (QED) is 0.306. The van der Waals surface area contributed by atoms with E-state index in [-0.39, 0.29) is 17.9 Å². The number of hydrogen-bond donors (Lipinski definition) is 0. The average Bonchev–Trinajstić information content (AvgIpc) is 3.01. The van der Waals surface area contributed by atoms with Gasteiger partial charge in [-0.2, -0.15) is 0 Å². The van der Waals surface area contributed by atoms with Gasteiger partial charge in [-0.1, -0.05) is 30.3 Å². The van der Waals surface area contributed by atoms with Gasteiger partial charge < -0.3 is 14.2 Å². The number of ether oxygens (including phenoxy) is 3. The van der Waals surface area contributed by atoms with Gasteiger partial charge in [0.25, 0.3) is 11.3 Å². The fraction of sp³-hybridized carbons (Fsp3) is 0.238. The van der Waals surface area contributed by atoms with Gasteiger partial charge in [-0.3, -0.25) is 14.9 Å². The van der Waals surface area contributed by atoms with Crippen LogP contribution in [0.5, 0.6) is 11.5 Å². The lowest BCUT2D eigenvalue weighted by atomic mass is 9.76. The van der Waals surface area contributed by atoms with Crippen LogP contribution in [0.25, 0.3) is 0 Å². The molecule has 8 heteroatoms. The highest BCUT2D eigenvalue weighted by Gasteiger charge is 2.64. The van der Waals surface area contributed by atoms with E-state index in [2.05, 4.69) is 6.58 Å². The smallest absolute Gasteiger partial charge is 0.360 e. The summed E-state index contributed by atoms with van der Waals surface area (Å²) in [4.78, 5) is 37.4. The molecule has 1 heterocycles. The van der Waals surface area contributed by atoms with Crippen molar-refractivity contribution in [1.82, 2.24) is 0 Å². The number of benzene rings is 2. The van der Waals surface area contributed by atoms with Gasteiger partial charge in [0.15, 0.2) is 0 Å².